The van der Waals surface area contributed by atoms with Crippen molar-refractivity contribution in [2.45, 2.75) is 32.2 Å². The van der Waals surface area contributed by atoms with E-state index in [0.717, 1.165) is 23.8 Å². The summed E-state index contributed by atoms with van der Waals surface area (Å²) < 4.78 is 5.66. The summed E-state index contributed by atoms with van der Waals surface area (Å²) in [6.07, 6.45) is 2.79. The van der Waals surface area contributed by atoms with Gasteiger partial charge in [0.1, 0.15) is 0 Å². The Morgan fingerprint density at radius 3 is 2.90 bits per heavy atom. The highest BCUT2D eigenvalue weighted by molar-refractivity contribution is 6.35. The number of carbonyl (C=O) groups is 1. The predicted octanol–water partition coefficient (Wildman–Crippen LogP) is 3.29. The number of benzene rings is 1. The van der Waals surface area contributed by atoms with Crippen LogP contribution < -0.4 is 5.32 Å². The number of halogens is 1. The van der Waals surface area contributed by atoms with Crippen LogP contribution in [-0.2, 0) is 0 Å². The van der Waals surface area contributed by atoms with E-state index in [9.17, 15) is 4.79 Å². The highest BCUT2D eigenvalue weighted by Crippen LogP contribution is 2.35. The largest absolute Gasteiger partial charge is 0.449 e. The Labute approximate surface area is 128 Å². The molecule has 4 nitrogen and oxygen atoms in total. The van der Waals surface area contributed by atoms with Crippen LogP contribution >= 0.6 is 11.6 Å². The van der Waals surface area contributed by atoms with Gasteiger partial charge in [-0.25, -0.2) is 0 Å². The summed E-state index contributed by atoms with van der Waals surface area (Å²) in [4.78, 5) is 12.4. The average molecular weight is 308 g/mol. The van der Waals surface area contributed by atoms with Gasteiger partial charge in [-0.1, -0.05) is 23.7 Å². The van der Waals surface area contributed by atoms with E-state index < -0.39 is 0 Å². The molecule has 2 N–H and O–H groups in total. The molecule has 1 aromatic heterocycles. The normalized spacial score (nSPS) is 16.1. The molecule has 0 bridgehead atoms. The van der Waals surface area contributed by atoms with Crippen molar-refractivity contribution in [3.63, 3.8) is 0 Å². The van der Waals surface area contributed by atoms with Crippen LogP contribution in [0.5, 0.6) is 0 Å². The number of aliphatic hydroxyl groups excluding tert-OH is 1. The Kier molecular flexibility index (Phi) is 3.91. The van der Waals surface area contributed by atoms with Crippen LogP contribution in [0.3, 0.4) is 0 Å². The first-order valence-corrected chi connectivity index (χ1v) is 7.59. The Balaban J connectivity index is 1.87. The third kappa shape index (κ3) is 2.78. The van der Waals surface area contributed by atoms with Crippen molar-refractivity contribution in [2.24, 2.45) is 5.92 Å². The molecule has 1 heterocycles. The van der Waals surface area contributed by atoms with E-state index >= 15 is 0 Å². The van der Waals surface area contributed by atoms with Gasteiger partial charge in [0.05, 0.1) is 5.02 Å². The van der Waals surface area contributed by atoms with Crippen molar-refractivity contribution in [1.82, 2.24) is 5.32 Å². The first kappa shape index (κ1) is 14.4. The van der Waals surface area contributed by atoms with Crippen LogP contribution in [0.2, 0.25) is 5.02 Å². The third-order valence-corrected chi connectivity index (χ3v) is 4.37. The van der Waals surface area contributed by atoms with E-state index in [1.807, 2.05) is 19.1 Å². The van der Waals surface area contributed by atoms with Gasteiger partial charge in [0, 0.05) is 23.6 Å². The van der Waals surface area contributed by atoms with E-state index in [-0.39, 0.29) is 18.6 Å². The SMILES string of the molecule is Cc1c(C(=O)NC(CCO)C2CC2)oc2c(Cl)cccc12. The summed E-state index contributed by atoms with van der Waals surface area (Å²) in [6, 6.07) is 5.50. The maximum atomic E-state index is 12.4. The second-order valence-electron chi connectivity index (χ2n) is 5.60. The summed E-state index contributed by atoms with van der Waals surface area (Å²) in [5.74, 6) is 0.557. The van der Waals surface area contributed by atoms with Gasteiger partial charge in [-0.05, 0) is 38.2 Å². The summed E-state index contributed by atoms with van der Waals surface area (Å²) in [6.45, 7) is 1.93. The molecule has 0 radical (unpaired) electrons. The molecule has 112 valence electrons. The number of carbonyl (C=O) groups excluding carboxylic acids is 1. The molecule has 21 heavy (non-hydrogen) atoms. The molecule has 5 heteroatoms. The van der Waals surface area contributed by atoms with Gasteiger partial charge in [0.15, 0.2) is 11.3 Å². The number of nitrogens with one attached hydrogen (secondary N) is 1. The van der Waals surface area contributed by atoms with Crippen molar-refractivity contribution in [3.05, 3.63) is 34.5 Å². The highest BCUT2D eigenvalue weighted by Gasteiger charge is 2.33. The fourth-order valence-electron chi connectivity index (χ4n) is 2.72. The number of aryl methyl sites for hydroxylation is 1. The fourth-order valence-corrected chi connectivity index (χ4v) is 2.94. The fraction of sp³-hybridized carbons (Fsp3) is 0.438. The second-order valence-corrected chi connectivity index (χ2v) is 6.01. The quantitative estimate of drug-likeness (QED) is 0.891. The molecular formula is C16H18ClNO3. The summed E-state index contributed by atoms with van der Waals surface area (Å²) in [7, 11) is 0. The number of furan rings is 1. The van der Waals surface area contributed by atoms with Gasteiger partial charge in [0.25, 0.3) is 5.91 Å². The van der Waals surface area contributed by atoms with Gasteiger partial charge >= 0.3 is 0 Å². The number of fused-ring (bicyclic) bond motifs is 1. The number of para-hydroxylation sites is 1. The first-order valence-electron chi connectivity index (χ1n) is 7.21. The average Bonchev–Trinajstić information content (AvgIpc) is 3.24. The molecule has 1 unspecified atom stereocenters. The standard InChI is InChI=1S/C16H18ClNO3/c1-9-11-3-2-4-12(17)15(11)21-14(9)16(20)18-13(7-8-19)10-5-6-10/h2-4,10,13,19H,5-8H2,1H3,(H,18,20). The second kappa shape index (κ2) is 5.70. The van der Waals surface area contributed by atoms with Crippen molar-refractivity contribution >= 4 is 28.5 Å². The van der Waals surface area contributed by atoms with Crippen molar-refractivity contribution < 1.29 is 14.3 Å². The molecule has 3 rings (SSSR count). The van der Waals surface area contributed by atoms with Gasteiger partial charge < -0.3 is 14.8 Å². The monoisotopic (exact) mass is 307 g/mol. The molecular weight excluding hydrogens is 290 g/mol. The van der Waals surface area contributed by atoms with Gasteiger partial charge in [-0.2, -0.15) is 0 Å². The minimum absolute atomic E-state index is 0.0191. The van der Waals surface area contributed by atoms with Crippen LogP contribution in [0.15, 0.2) is 22.6 Å². The predicted molar refractivity (Wildman–Crippen MR) is 81.6 cm³/mol. The summed E-state index contributed by atoms with van der Waals surface area (Å²) >= 11 is 6.10. The maximum absolute atomic E-state index is 12.4. The zero-order valence-corrected chi connectivity index (χ0v) is 12.6. The van der Waals surface area contributed by atoms with Crippen molar-refractivity contribution in [3.8, 4) is 0 Å². The molecule has 1 aliphatic carbocycles. The smallest absolute Gasteiger partial charge is 0.287 e. The van der Waals surface area contributed by atoms with E-state index in [1.165, 1.54) is 0 Å². The van der Waals surface area contributed by atoms with E-state index in [0.29, 0.717) is 28.7 Å². The van der Waals surface area contributed by atoms with Crippen LogP contribution in [0.4, 0.5) is 0 Å². The van der Waals surface area contributed by atoms with Gasteiger partial charge in [-0.3, -0.25) is 4.79 Å². The van der Waals surface area contributed by atoms with E-state index in [4.69, 9.17) is 21.1 Å². The van der Waals surface area contributed by atoms with Crippen molar-refractivity contribution in [1.29, 1.82) is 0 Å². The summed E-state index contributed by atoms with van der Waals surface area (Å²) in [5.41, 5.74) is 1.34. The van der Waals surface area contributed by atoms with Crippen LogP contribution in [0.25, 0.3) is 11.0 Å². The van der Waals surface area contributed by atoms with E-state index in [2.05, 4.69) is 5.32 Å². The Morgan fingerprint density at radius 1 is 1.52 bits per heavy atom. The lowest BCUT2D eigenvalue weighted by Crippen LogP contribution is -2.37. The minimum atomic E-state index is -0.231. The van der Waals surface area contributed by atoms with Crippen molar-refractivity contribution in [2.75, 3.05) is 6.61 Å². The number of hydrogen-bond acceptors (Lipinski definition) is 3. The Morgan fingerprint density at radius 2 is 2.29 bits per heavy atom. The lowest BCUT2D eigenvalue weighted by molar-refractivity contribution is 0.0897. The molecule has 1 saturated carbocycles. The molecule has 0 saturated heterocycles. The zero-order valence-electron chi connectivity index (χ0n) is 11.9. The molecule has 1 fully saturated rings. The van der Waals surface area contributed by atoms with E-state index in [1.54, 1.807) is 6.07 Å². The minimum Gasteiger partial charge on any atom is -0.449 e. The number of aliphatic hydroxyl groups is 1. The molecule has 1 aromatic carbocycles. The number of hydrogen-bond donors (Lipinski definition) is 2. The molecule has 0 spiro atoms. The molecule has 1 atom stereocenters. The van der Waals surface area contributed by atoms with Crippen LogP contribution in [0, 0.1) is 12.8 Å². The maximum Gasteiger partial charge on any atom is 0.287 e. The molecule has 2 aromatic rings. The summed E-state index contributed by atoms with van der Waals surface area (Å²) in [5, 5.41) is 13.5. The molecule has 1 aliphatic rings. The molecule has 1 amide bonds. The van der Waals surface area contributed by atoms with Gasteiger partial charge in [0.2, 0.25) is 0 Å². The molecule has 0 aliphatic heterocycles. The zero-order chi connectivity index (χ0) is 15.0. The Hall–Kier alpha value is -1.52. The van der Waals surface area contributed by atoms with Crippen LogP contribution in [-0.4, -0.2) is 23.7 Å². The highest BCUT2D eigenvalue weighted by atomic mass is 35.5. The lowest BCUT2D eigenvalue weighted by atomic mass is 10.1. The van der Waals surface area contributed by atoms with Crippen LogP contribution in [0.1, 0.15) is 35.4 Å². The number of rotatable bonds is 5. The third-order valence-electron chi connectivity index (χ3n) is 4.07. The van der Waals surface area contributed by atoms with Gasteiger partial charge in [-0.15, -0.1) is 0 Å². The first-order chi connectivity index (χ1) is 10.1. The Bertz CT molecular complexity index is 675. The topological polar surface area (TPSA) is 62.5 Å². The lowest BCUT2D eigenvalue weighted by Gasteiger charge is -2.16. The number of amides is 1.